The molecule has 0 aliphatic carbocycles. The number of carbonyl (C=O) groups excluding carboxylic acids is 1. The molecule has 1 amide bonds. The van der Waals surface area contributed by atoms with Crippen molar-refractivity contribution < 1.29 is 9.69 Å². The van der Waals surface area contributed by atoms with Gasteiger partial charge in [-0.05, 0) is 42.5 Å². The Hall–Kier alpha value is -2.34. The van der Waals surface area contributed by atoms with Gasteiger partial charge in [0, 0.05) is 21.4 Å². The molecule has 0 unspecified atom stereocenters. The maximum atomic E-state index is 12.5. The Morgan fingerprint density at radius 2 is 1.70 bits per heavy atom. The largest absolute Gasteiger partial charge is 0.360 e. The molecule has 0 bridgehead atoms. The maximum Gasteiger partial charge on any atom is 0.257 e. The molecule has 4 rings (SSSR count). The average molecular weight is 486 g/mol. The molecule has 1 fully saturated rings. The fourth-order valence-corrected chi connectivity index (χ4v) is 4.33. The van der Waals surface area contributed by atoms with Gasteiger partial charge in [0.05, 0.1) is 36.8 Å². The minimum atomic E-state index is -0.216. The molecule has 0 aromatic heterocycles. The van der Waals surface area contributed by atoms with Gasteiger partial charge in [-0.1, -0.05) is 57.9 Å². The molecular weight excluding hydrogens is 462 g/mol. The van der Waals surface area contributed by atoms with Crippen LogP contribution in [0.5, 0.6) is 0 Å². The first-order valence-corrected chi connectivity index (χ1v) is 11.2. The lowest BCUT2D eigenvalue weighted by molar-refractivity contribution is -0.914. The van der Waals surface area contributed by atoms with E-state index in [2.05, 4.69) is 68.6 Å². The fraction of sp³-hybridized carbons (Fsp3) is 0.208. The number of hydrogen-bond donors (Lipinski definition) is 2. The molecule has 3 aromatic rings. The van der Waals surface area contributed by atoms with Gasteiger partial charge in [-0.15, -0.1) is 0 Å². The molecule has 154 valence electrons. The van der Waals surface area contributed by atoms with Crippen LogP contribution < -0.4 is 15.1 Å². The molecule has 1 heterocycles. The average Bonchev–Trinajstić information content (AvgIpc) is 2.77. The lowest BCUT2D eigenvalue weighted by atomic mass is 10.1. The zero-order valence-corrected chi connectivity index (χ0v) is 18.9. The third-order valence-electron chi connectivity index (χ3n) is 5.43. The first-order chi connectivity index (χ1) is 14.6. The molecule has 1 saturated heterocycles. The summed E-state index contributed by atoms with van der Waals surface area (Å²) in [6.45, 7) is 5.38. The van der Waals surface area contributed by atoms with E-state index < -0.39 is 0 Å². The van der Waals surface area contributed by atoms with Crippen molar-refractivity contribution in [2.75, 3.05) is 36.4 Å². The van der Waals surface area contributed by atoms with Crippen LogP contribution in [-0.2, 0) is 6.54 Å². The zero-order valence-electron chi connectivity index (χ0n) is 16.6. The first-order valence-electron chi connectivity index (χ1n) is 10.1. The smallest absolute Gasteiger partial charge is 0.257 e. The predicted octanol–water partition coefficient (Wildman–Crippen LogP) is 4.26. The molecule has 0 atom stereocenters. The van der Waals surface area contributed by atoms with Gasteiger partial charge in [-0.3, -0.25) is 4.79 Å². The second-order valence-corrected chi connectivity index (χ2v) is 8.85. The van der Waals surface area contributed by atoms with Crippen molar-refractivity contribution in [1.29, 1.82) is 0 Å². The van der Waals surface area contributed by atoms with Gasteiger partial charge < -0.3 is 15.1 Å². The number of anilines is 2. The summed E-state index contributed by atoms with van der Waals surface area (Å²) in [4.78, 5) is 16.6. The SMILES string of the molecule is O=C(Nc1ccc(N2CC[NH+](Cc3ccccc3)CC2)cc1)c1cc(Br)ccc1Cl. The molecule has 2 N–H and O–H groups in total. The van der Waals surface area contributed by atoms with Crippen molar-refractivity contribution in [3.05, 3.63) is 93.4 Å². The number of carbonyl (C=O) groups is 1. The molecule has 1 aliphatic rings. The molecular formula is C24H24BrClN3O+. The molecule has 4 nitrogen and oxygen atoms in total. The van der Waals surface area contributed by atoms with Gasteiger partial charge >= 0.3 is 0 Å². The number of nitrogens with one attached hydrogen (secondary N) is 2. The van der Waals surface area contributed by atoms with Crippen molar-refractivity contribution >= 4 is 44.8 Å². The Bertz CT molecular complexity index is 1000. The fourth-order valence-electron chi connectivity index (χ4n) is 3.77. The molecule has 6 heteroatoms. The Morgan fingerprint density at radius 3 is 2.40 bits per heavy atom. The van der Waals surface area contributed by atoms with E-state index >= 15 is 0 Å². The molecule has 0 saturated carbocycles. The van der Waals surface area contributed by atoms with E-state index in [4.69, 9.17) is 11.6 Å². The van der Waals surface area contributed by atoms with Crippen LogP contribution in [0.3, 0.4) is 0 Å². The third kappa shape index (κ3) is 5.22. The monoisotopic (exact) mass is 484 g/mol. The third-order valence-corrected chi connectivity index (χ3v) is 6.25. The summed E-state index contributed by atoms with van der Waals surface area (Å²) in [5.74, 6) is -0.216. The zero-order chi connectivity index (χ0) is 20.9. The summed E-state index contributed by atoms with van der Waals surface area (Å²) in [6, 6.07) is 24.0. The molecule has 0 spiro atoms. The number of nitrogens with zero attached hydrogens (tertiary/aromatic N) is 1. The standard InChI is InChI=1S/C24H23BrClN3O/c25-19-6-11-23(26)22(16-19)24(30)27-20-7-9-21(10-8-20)29-14-12-28(13-15-29)17-18-4-2-1-3-5-18/h1-11,16H,12-15,17H2,(H,27,30)/p+1. The van der Waals surface area contributed by atoms with Crippen LogP contribution in [0, 0.1) is 0 Å². The van der Waals surface area contributed by atoms with Gasteiger partial charge in [0.25, 0.3) is 5.91 Å². The second kappa shape index (κ2) is 9.65. The Balaban J connectivity index is 1.33. The summed E-state index contributed by atoms with van der Waals surface area (Å²) in [5.41, 5.74) is 3.79. The molecule has 3 aromatic carbocycles. The van der Waals surface area contributed by atoms with Gasteiger partial charge in [0.2, 0.25) is 0 Å². The second-order valence-electron chi connectivity index (χ2n) is 7.52. The van der Waals surface area contributed by atoms with Crippen LogP contribution >= 0.6 is 27.5 Å². The highest BCUT2D eigenvalue weighted by molar-refractivity contribution is 9.10. The first kappa shape index (κ1) is 20.9. The van der Waals surface area contributed by atoms with Crippen molar-refractivity contribution in [1.82, 2.24) is 0 Å². The Labute approximate surface area is 190 Å². The highest BCUT2D eigenvalue weighted by atomic mass is 79.9. The van der Waals surface area contributed by atoms with Crippen molar-refractivity contribution in [3.8, 4) is 0 Å². The van der Waals surface area contributed by atoms with Crippen molar-refractivity contribution in [2.24, 2.45) is 0 Å². The number of benzene rings is 3. The van der Waals surface area contributed by atoms with E-state index in [1.54, 1.807) is 17.0 Å². The van der Waals surface area contributed by atoms with Crippen LogP contribution in [0.2, 0.25) is 5.02 Å². The Morgan fingerprint density at radius 1 is 1.00 bits per heavy atom. The van der Waals surface area contributed by atoms with Crippen LogP contribution in [-0.4, -0.2) is 32.1 Å². The number of rotatable bonds is 5. The van der Waals surface area contributed by atoms with E-state index in [9.17, 15) is 4.79 Å². The lowest BCUT2D eigenvalue weighted by Crippen LogP contribution is -3.13. The topological polar surface area (TPSA) is 36.8 Å². The van der Waals surface area contributed by atoms with Gasteiger partial charge in [0.15, 0.2) is 0 Å². The normalized spacial score (nSPS) is 14.5. The van der Waals surface area contributed by atoms with E-state index in [1.807, 2.05) is 18.2 Å². The summed E-state index contributed by atoms with van der Waals surface area (Å²) in [7, 11) is 0. The van der Waals surface area contributed by atoms with Crippen molar-refractivity contribution in [3.63, 3.8) is 0 Å². The van der Waals surface area contributed by atoms with Gasteiger partial charge in [-0.25, -0.2) is 0 Å². The number of quaternary nitrogens is 1. The van der Waals surface area contributed by atoms with Crippen LogP contribution in [0.1, 0.15) is 15.9 Å². The highest BCUT2D eigenvalue weighted by Gasteiger charge is 2.20. The maximum absolute atomic E-state index is 12.5. The minimum Gasteiger partial charge on any atom is -0.360 e. The highest BCUT2D eigenvalue weighted by Crippen LogP contribution is 2.23. The number of hydrogen-bond acceptors (Lipinski definition) is 2. The van der Waals surface area contributed by atoms with Crippen LogP contribution in [0.4, 0.5) is 11.4 Å². The summed E-state index contributed by atoms with van der Waals surface area (Å²) < 4.78 is 0.820. The van der Waals surface area contributed by atoms with Crippen LogP contribution in [0.25, 0.3) is 0 Å². The van der Waals surface area contributed by atoms with Gasteiger partial charge in [-0.2, -0.15) is 0 Å². The molecule has 30 heavy (non-hydrogen) atoms. The molecule has 1 aliphatic heterocycles. The lowest BCUT2D eigenvalue weighted by Gasteiger charge is -2.33. The molecule has 0 radical (unpaired) electrons. The van der Waals surface area contributed by atoms with Crippen molar-refractivity contribution in [2.45, 2.75) is 6.54 Å². The number of piperazine rings is 1. The summed E-state index contributed by atoms with van der Waals surface area (Å²) >= 11 is 9.54. The number of amides is 1. The summed E-state index contributed by atoms with van der Waals surface area (Å²) in [5, 5.41) is 3.36. The van der Waals surface area contributed by atoms with Gasteiger partial charge in [0.1, 0.15) is 6.54 Å². The van der Waals surface area contributed by atoms with Crippen LogP contribution in [0.15, 0.2) is 77.3 Å². The summed E-state index contributed by atoms with van der Waals surface area (Å²) in [6.07, 6.45) is 0. The minimum absolute atomic E-state index is 0.216. The van der Waals surface area contributed by atoms with E-state index in [-0.39, 0.29) is 5.91 Å². The van der Waals surface area contributed by atoms with E-state index in [0.29, 0.717) is 10.6 Å². The van der Waals surface area contributed by atoms with E-state index in [1.165, 1.54) is 11.3 Å². The predicted molar refractivity (Wildman–Crippen MR) is 127 cm³/mol. The number of halogens is 2. The quantitative estimate of drug-likeness (QED) is 0.567. The van der Waals surface area contributed by atoms with E-state index in [0.717, 1.165) is 42.9 Å². The Kier molecular flexibility index (Phi) is 6.72.